The quantitative estimate of drug-likeness (QED) is 0.868. The van der Waals surface area contributed by atoms with Gasteiger partial charge in [-0.15, -0.1) is 0 Å². The van der Waals surface area contributed by atoms with Crippen LogP contribution in [0.2, 0.25) is 0 Å². The number of carbonyl (C=O) groups is 1. The average molecular weight is 263 g/mol. The number of ether oxygens (including phenoxy) is 1. The van der Waals surface area contributed by atoms with Gasteiger partial charge in [0.15, 0.2) is 0 Å². The standard InChI is InChI=1S/C14H21N3O2/c1-3-19-13-6-4-11(5-7-13)17-9-12(8-15)16(2)14(18)10-17/h4-7,12H,3,8-10,15H2,1-2H3. The number of anilines is 1. The van der Waals surface area contributed by atoms with Crippen molar-refractivity contribution in [2.24, 2.45) is 5.73 Å². The molecule has 1 aromatic rings. The highest BCUT2D eigenvalue weighted by molar-refractivity contribution is 5.83. The van der Waals surface area contributed by atoms with E-state index in [1.807, 2.05) is 38.2 Å². The Morgan fingerprint density at radius 3 is 2.63 bits per heavy atom. The van der Waals surface area contributed by atoms with Gasteiger partial charge in [0, 0.05) is 25.8 Å². The van der Waals surface area contributed by atoms with Gasteiger partial charge < -0.3 is 20.3 Å². The largest absolute Gasteiger partial charge is 0.494 e. The second kappa shape index (κ2) is 5.93. The van der Waals surface area contributed by atoms with Gasteiger partial charge >= 0.3 is 0 Å². The molecule has 1 aliphatic heterocycles. The SMILES string of the molecule is CCOc1ccc(N2CC(=O)N(C)C(CN)C2)cc1. The summed E-state index contributed by atoms with van der Waals surface area (Å²) in [6.45, 7) is 4.27. The Morgan fingerprint density at radius 2 is 2.05 bits per heavy atom. The first-order valence-electron chi connectivity index (χ1n) is 6.59. The van der Waals surface area contributed by atoms with Crippen molar-refractivity contribution in [1.29, 1.82) is 0 Å². The van der Waals surface area contributed by atoms with Crippen LogP contribution in [-0.2, 0) is 4.79 Å². The van der Waals surface area contributed by atoms with Crippen LogP contribution in [0.5, 0.6) is 5.75 Å². The Labute approximate surface area is 113 Å². The molecule has 104 valence electrons. The normalized spacial score (nSPS) is 19.7. The van der Waals surface area contributed by atoms with Gasteiger partial charge in [-0.25, -0.2) is 0 Å². The number of nitrogens with two attached hydrogens (primary N) is 1. The lowest BCUT2D eigenvalue weighted by Crippen LogP contribution is -2.57. The fourth-order valence-corrected chi connectivity index (χ4v) is 2.27. The highest BCUT2D eigenvalue weighted by Crippen LogP contribution is 2.22. The van der Waals surface area contributed by atoms with Crippen molar-refractivity contribution in [2.45, 2.75) is 13.0 Å². The van der Waals surface area contributed by atoms with Gasteiger partial charge in [0.1, 0.15) is 5.75 Å². The van der Waals surface area contributed by atoms with Crippen LogP contribution in [0.25, 0.3) is 0 Å². The zero-order valence-electron chi connectivity index (χ0n) is 11.5. The fraction of sp³-hybridized carbons (Fsp3) is 0.500. The van der Waals surface area contributed by atoms with E-state index in [1.165, 1.54) is 0 Å². The summed E-state index contributed by atoms with van der Waals surface area (Å²) in [5.41, 5.74) is 6.75. The lowest BCUT2D eigenvalue weighted by molar-refractivity contribution is -0.131. The highest BCUT2D eigenvalue weighted by atomic mass is 16.5. The maximum atomic E-state index is 11.9. The van der Waals surface area contributed by atoms with Gasteiger partial charge in [0.25, 0.3) is 0 Å². The molecule has 0 spiro atoms. The lowest BCUT2D eigenvalue weighted by Gasteiger charge is -2.39. The maximum Gasteiger partial charge on any atom is 0.242 e. The second-order valence-electron chi connectivity index (χ2n) is 4.70. The predicted molar refractivity (Wildman–Crippen MR) is 75.4 cm³/mol. The van der Waals surface area contributed by atoms with E-state index in [2.05, 4.69) is 4.90 Å². The molecule has 0 saturated carbocycles. The minimum Gasteiger partial charge on any atom is -0.494 e. The van der Waals surface area contributed by atoms with E-state index >= 15 is 0 Å². The third-order valence-electron chi connectivity index (χ3n) is 3.48. The Hall–Kier alpha value is -1.75. The molecule has 5 nitrogen and oxygen atoms in total. The van der Waals surface area contributed by atoms with Crippen LogP contribution in [0.3, 0.4) is 0 Å². The van der Waals surface area contributed by atoms with Crippen LogP contribution in [0.15, 0.2) is 24.3 Å². The Balaban J connectivity index is 2.10. The molecule has 2 rings (SSSR count). The van der Waals surface area contributed by atoms with Crippen LogP contribution in [0, 0.1) is 0 Å². The predicted octanol–water partition coefficient (Wildman–Crippen LogP) is 0.691. The molecule has 1 amide bonds. The number of benzene rings is 1. The number of piperazine rings is 1. The zero-order chi connectivity index (χ0) is 13.8. The highest BCUT2D eigenvalue weighted by Gasteiger charge is 2.28. The van der Waals surface area contributed by atoms with Crippen molar-refractivity contribution in [3.05, 3.63) is 24.3 Å². The van der Waals surface area contributed by atoms with E-state index in [9.17, 15) is 4.79 Å². The number of carbonyl (C=O) groups excluding carboxylic acids is 1. The van der Waals surface area contributed by atoms with Gasteiger partial charge in [-0.1, -0.05) is 0 Å². The van der Waals surface area contributed by atoms with Gasteiger partial charge in [0.2, 0.25) is 5.91 Å². The number of nitrogens with zero attached hydrogens (tertiary/aromatic N) is 2. The Bertz CT molecular complexity index is 433. The van der Waals surface area contributed by atoms with Crippen molar-refractivity contribution in [1.82, 2.24) is 4.90 Å². The molecule has 2 N–H and O–H groups in total. The third kappa shape index (κ3) is 2.98. The summed E-state index contributed by atoms with van der Waals surface area (Å²) >= 11 is 0. The molecule has 5 heteroatoms. The molecule has 1 unspecified atom stereocenters. The molecule has 1 aromatic carbocycles. The van der Waals surface area contributed by atoms with Crippen molar-refractivity contribution >= 4 is 11.6 Å². The maximum absolute atomic E-state index is 11.9. The van der Waals surface area contributed by atoms with Crippen LogP contribution < -0.4 is 15.4 Å². The molecule has 19 heavy (non-hydrogen) atoms. The molecular formula is C14H21N3O2. The molecule has 1 atom stereocenters. The smallest absolute Gasteiger partial charge is 0.242 e. The van der Waals surface area contributed by atoms with Crippen LogP contribution in [0.1, 0.15) is 6.92 Å². The summed E-state index contributed by atoms with van der Waals surface area (Å²) in [5.74, 6) is 0.956. The van der Waals surface area contributed by atoms with E-state index in [1.54, 1.807) is 4.90 Å². The molecule has 1 heterocycles. The topological polar surface area (TPSA) is 58.8 Å². The summed E-state index contributed by atoms with van der Waals surface area (Å²) in [4.78, 5) is 15.7. The summed E-state index contributed by atoms with van der Waals surface area (Å²) in [5, 5.41) is 0. The van der Waals surface area contributed by atoms with Gasteiger partial charge in [-0.05, 0) is 31.2 Å². The van der Waals surface area contributed by atoms with Crippen molar-refractivity contribution in [3.8, 4) is 5.75 Å². The first-order chi connectivity index (χ1) is 9.15. The molecule has 1 aliphatic rings. The molecule has 0 bridgehead atoms. The van der Waals surface area contributed by atoms with Gasteiger partial charge in [-0.2, -0.15) is 0 Å². The zero-order valence-corrected chi connectivity index (χ0v) is 11.5. The number of likely N-dealkylation sites (N-methyl/N-ethyl adjacent to an activating group) is 1. The molecule has 0 aliphatic carbocycles. The molecule has 1 saturated heterocycles. The minimum absolute atomic E-state index is 0.0767. The van der Waals surface area contributed by atoms with Crippen LogP contribution in [-0.4, -0.2) is 50.1 Å². The van der Waals surface area contributed by atoms with Crippen molar-refractivity contribution < 1.29 is 9.53 Å². The Morgan fingerprint density at radius 1 is 1.37 bits per heavy atom. The monoisotopic (exact) mass is 263 g/mol. The number of rotatable bonds is 4. The summed E-state index contributed by atoms with van der Waals surface area (Å²) in [7, 11) is 1.81. The lowest BCUT2D eigenvalue weighted by atomic mass is 10.1. The summed E-state index contributed by atoms with van der Waals surface area (Å²) in [6, 6.07) is 7.90. The molecule has 1 fully saturated rings. The second-order valence-corrected chi connectivity index (χ2v) is 4.70. The van der Waals surface area contributed by atoms with E-state index in [4.69, 9.17) is 10.5 Å². The van der Waals surface area contributed by atoms with Crippen LogP contribution in [0.4, 0.5) is 5.69 Å². The van der Waals surface area contributed by atoms with Crippen LogP contribution >= 0.6 is 0 Å². The molecule has 0 radical (unpaired) electrons. The van der Waals surface area contributed by atoms with Gasteiger partial charge in [0.05, 0.1) is 19.2 Å². The number of hydrogen-bond acceptors (Lipinski definition) is 4. The van der Waals surface area contributed by atoms with E-state index in [-0.39, 0.29) is 11.9 Å². The summed E-state index contributed by atoms with van der Waals surface area (Å²) in [6.07, 6.45) is 0. The fourth-order valence-electron chi connectivity index (χ4n) is 2.27. The first kappa shape index (κ1) is 13.7. The van der Waals surface area contributed by atoms with E-state index in [0.717, 1.165) is 18.0 Å². The van der Waals surface area contributed by atoms with E-state index < -0.39 is 0 Å². The van der Waals surface area contributed by atoms with Crippen molar-refractivity contribution in [2.75, 3.05) is 38.2 Å². The third-order valence-corrected chi connectivity index (χ3v) is 3.48. The molecular weight excluding hydrogens is 242 g/mol. The number of hydrogen-bond donors (Lipinski definition) is 1. The number of amides is 1. The van der Waals surface area contributed by atoms with E-state index in [0.29, 0.717) is 19.7 Å². The summed E-state index contributed by atoms with van der Waals surface area (Å²) < 4.78 is 5.41. The average Bonchev–Trinajstić information content (AvgIpc) is 2.43. The van der Waals surface area contributed by atoms with Crippen molar-refractivity contribution in [3.63, 3.8) is 0 Å². The molecule has 0 aromatic heterocycles. The van der Waals surface area contributed by atoms with Gasteiger partial charge in [-0.3, -0.25) is 4.79 Å². The Kier molecular flexibility index (Phi) is 4.27. The first-order valence-corrected chi connectivity index (χ1v) is 6.59. The minimum atomic E-state index is 0.0767.